The van der Waals surface area contributed by atoms with Crippen LogP contribution in [0.4, 0.5) is 19.1 Å². The highest BCUT2D eigenvalue weighted by atomic mass is 19.4. The summed E-state index contributed by atoms with van der Waals surface area (Å²) in [7, 11) is 0. The van der Waals surface area contributed by atoms with Crippen molar-refractivity contribution < 1.29 is 22.7 Å². The van der Waals surface area contributed by atoms with Gasteiger partial charge in [0, 0.05) is 23.3 Å². The maximum atomic E-state index is 12.7. The Morgan fingerprint density at radius 1 is 1.29 bits per heavy atom. The molecule has 0 radical (unpaired) electrons. The van der Waals surface area contributed by atoms with Gasteiger partial charge in [0.15, 0.2) is 0 Å². The van der Waals surface area contributed by atoms with Gasteiger partial charge in [0.1, 0.15) is 24.0 Å². The number of fused-ring (bicyclic) bond motifs is 2. The zero-order valence-electron chi connectivity index (χ0n) is 14.7. The summed E-state index contributed by atoms with van der Waals surface area (Å²) in [6.07, 6.45) is -1.25. The van der Waals surface area contributed by atoms with E-state index < -0.39 is 12.2 Å². The standard InChI is InChI=1S/C18H16F3N5O2/c1-9(18(19,20)21)25-17-24-8-13-12(7-23-15(13)26-17)10-2-3-11-14(6-10)28-5-4-22-16(11)27/h2-3,6-9H,4-5H2,1H3,(H,22,27)(H2,23,24,25,26). The average Bonchev–Trinajstić information content (AvgIpc) is 2.98. The third-order valence-corrected chi connectivity index (χ3v) is 4.45. The first-order chi connectivity index (χ1) is 13.3. The number of carbonyl (C=O) groups excluding carboxylic acids is 1. The zero-order chi connectivity index (χ0) is 19.9. The van der Waals surface area contributed by atoms with Crippen LogP contribution in [0.25, 0.3) is 22.2 Å². The van der Waals surface area contributed by atoms with Crippen molar-refractivity contribution >= 4 is 22.9 Å². The number of ether oxygens (including phenoxy) is 1. The summed E-state index contributed by atoms with van der Waals surface area (Å²) in [6, 6.07) is 3.42. The fourth-order valence-corrected chi connectivity index (χ4v) is 2.91. The Hall–Kier alpha value is -3.30. The maximum Gasteiger partial charge on any atom is 0.408 e. The van der Waals surface area contributed by atoms with Crippen LogP contribution in [0.3, 0.4) is 0 Å². The van der Waals surface area contributed by atoms with E-state index in [2.05, 4.69) is 25.6 Å². The number of H-pyrrole nitrogens is 1. The predicted octanol–water partition coefficient (Wildman–Crippen LogP) is 3.11. The van der Waals surface area contributed by atoms with Crippen LogP contribution >= 0.6 is 0 Å². The third-order valence-electron chi connectivity index (χ3n) is 4.45. The number of aromatic amines is 1. The molecule has 10 heteroatoms. The Morgan fingerprint density at radius 2 is 2.11 bits per heavy atom. The van der Waals surface area contributed by atoms with Gasteiger partial charge >= 0.3 is 6.18 Å². The monoisotopic (exact) mass is 391 g/mol. The van der Waals surface area contributed by atoms with E-state index >= 15 is 0 Å². The second-order valence-electron chi connectivity index (χ2n) is 6.38. The first-order valence-corrected chi connectivity index (χ1v) is 8.56. The van der Waals surface area contributed by atoms with Crippen LogP contribution in [0.5, 0.6) is 5.75 Å². The summed E-state index contributed by atoms with van der Waals surface area (Å²) < 4.78 is 43.7. The molecule has 3 heterocycles. The maximum absolute atomic E-state index is 12.7. The molecule has 0 saturated carbocycles. The minimum Gasteiger partial charge on any atom is -0.491 e. The van der Waals surface area contributed by atoms with E-state index in [0.717, 1.165) is 18.1 Å². The molecule has 1 aliphatic rings. The molecule has 1 amide bonds. The molecule has 3 aromatic rings. The van der Waals surface area contributed by atoms with Crippen LogP contribution in [-0.4, -0.2) is 46.2 Å². The van der Waals surface area contributed by atoms with Gasteiger partial charge < -0.3 is 20.4 Å². The zero-order valence-corrected chi connectivity index (χ0v) is 14.7. The lowest BCUT2D eigenvalue weighted by molar-refractivity contribution is -0.138. The van der Waals surface area contributed by atoms with Crippen molar-refractivity contribution in [2.75, 3.05) is 18.5 Å². The molecule has 2 aromatic heterocycles. The fourth-order valence-electron chi connectivity index (χ4n) is 2.91. The molecule has 1 aliphatic heterocycles. The van der Waals surface area contributed by atoms with Gasteiger partial charge in [-0.3, -0.25) is 4.79 Å². The molecule has 0 bridgehead atoms. The van der Waals surface area contributed by atoms with E-state index in [1.807, 2.05) is 0 Å². The van der Waals surface area contributed by atoms with Crippen molar-refractivity contribution in [3.05, 3.63) is 36.2 Å². The van der Waals surface area contributed by atoms with Crippen LogP contribution in [0.1, 0.15) is 17.3 Å². The van der Waals surface area contributed by atoms with E-state index in [1.54, 1.807) is 24.4 Å². The third kappa shape index (κ3) is 3.32. The molecule has 0 aliphatic carbocycles. The molecule has 146 valence electrons. The number of rotatable bonds is 3. The second kappa shape index (κ2) is 6.70. The first-order valence-electron chi connectivity index (χ1n) is 8.56. The smallest absolute Gasteiger partial charge is 0.408 e. The molecule has 3 N–H and O–H groups in total. The number of carbonyl (C=O) groups is 1. The van der Waals surface area contributed by atoms with Gasteiger partial charge in [-0.25, -0.2) is 4.98 Å². The van der Waals surface area contributed by atoms with Gasteiger partial charge in [-0.1, -0.05) is 6.07 Å². The number of anilines is 1. The fraction of sp³-hybridized carbons (Fsp3) is 0.278. The lowest BCUT2D eigenvalue weighted by Crippen LogP contribution is -2.33. The van der Waals surface area contributed by atoms with Crippen molar-refractivity contribution in [2.45, 2.75) is 19.1 Å². The summed E-state index contributed by atoms with van der Waals surface area (Å²) in [6.45, 7) is 1.79. The number of hydrogen-bond donors (Lipinski definition) is 3. The van der Waals surface area contributed by atoms with Crippen LogP contribution in [0, 0.1) is 0 Å². The van der Waals surface area contributed by atoms with Gasteiger partial charge in [0.05, 0.1) is 12.1 Å². The van der Waals surface area contributed by atoms with Gasteiger partial charge in [-0.15, -0.1) is 0 Å². The van der Waals surface area contributed by atoms with Crippen molar-refractivity contribution in [3.8, 4) is 16.9 Å². The summed E-state index contributed by atoms with van der Waals surface area (Å²) in [4.78, 5) is 23.1. The van der Waals surface area contributed by atoms with Crippen LogP contribution in [0.2, 0.25) is 0 Å². The Balaban J connectivity index is 1.67. The number of alkyl halides is 3. The number of aromatic nitrogens is 3. The number of nitrogens with zero attached hydrogens (tertiary/aromatic N) is 2. The highest BCUT2D eigenvalue weighted by Gasteiger charge is 2.36. The molecule has 1 atom stereocenters. The minimum absolute atomic E-state index is 0.118. The molecule has 0 saturated heterocycles. The number of amides is 1. The predicted molar refractivity (Wildman–Crippen MR) is 96.3 cm³/mol. The second-order valence-corrected chi connectivity index (χ2v) is 6.38. The quantitative estimate of drug-likeness (QED) is 0.638. The first kappa shape index (κ1) is 18.1. The van der Waals surface area contributed by atoms with Gasteiger partial charge in [-0.05, 0) is 24.6 Å². The van der Waals surface area contributed by atoms with E-state index in [-0.39, 0.29) is 11.9 Å². The summed E-state index contributed by atoms with van der Waals surface area (Å²) in [5, 5.41) is 5.63. The van der Waals surface area contributed by atoms with E-state index in [0.29, 0.717) is 35.5 Å². The number of nitrogens with one attached hydrogen (secondary N) is 3. The van der Waals surface area contributed by atoms with Crippen molar-refractivity contribution in [1.29, 1.82) is 0 Å². The Kier molecular flexibility index (Phi) is 4.33. The molecule has 0 spiro atoms. The molecular weight excluding hydrogens is 375 g/mol. The number of hydrogen-bond acceptors (Lipinski definition) is 5. The van der Waals surface area contributed by atoms with Crippen molar-refractivity contribution in [2.24, 2.45) is 0 Å². The van der Waals surface area contributed by atoms with Crippen molar-refractivity contribution in [1.82, 2.24) is 20.3 Å². The number of halogens is 3. The molecule has 4 rings (SSSR count). The topological polar surface area (TPSA) is 91.9 Å². The molecule has 1 unspecified atom stereocenters. The highest BCUT2D eigenvalue weighted by molar-refractivity contribution is 5.99. The summed E-state index contributed by atoms with van der Waals surface area (Å²) >= 11 is 0. The van der Waals surface area contributed by atoms with E-state index in [1.165, 1.54) is 6.20 Å². The summed E-state index contributed by atoms with van der Waals surface area (Å²) in [5.41, 5.74) is 2.37. The lowest BCUT2D eigenvalue weighted by atomic mass is 10.0. The molecule has 1 aromatic carbocycles. The van der Waals surface area contributed by atoms with Crippen LogP contribution in [0.15, 0.2) is 30.6 Å². The highest BCUT2D eigenvalue weighted by Crippen LogP contribution is 2.33. The SMILES string of the molecule is CC(Nc1ncc2c(-c3ccc4c(c3)OCCNC4=O)c[nH]c2n1)C(F)(F)F. The Labute approximate surface area is 157 Å². The lowest BCUT2D eigenvalue weighted by Gasteiger charge is -2.16. The molecule has 7 nitrogen and oxygen atoms in total. The molecular formula is C18H16F3N5O2. The van der Waals surface area contributed by atoms with Crippen LogP contribution in [-0.2, 0) is 0 Å². The van der Waals surface area contributed by atoms with Gasteiger partial charge in [0.2, 0.25) is 5.95 Å². The van der Waals surface area contributed by atoms with Gasteiger partial charge in [-0.2, -0.15) is 18.2 Å². The molecule has 28 heavy (non-hydrogen) atoms. The van der Waals surface area contributed by atoms with E-state index in [9.17, 15) is 18.0 Å². The molecule has 0 fully saturated rings. The van der Waals surface area contributed by atoms with Crippen LogP contribution < -0.4 is 15.4 Å². The van der Waals surface area contributed by atoms with Gasteiger partial charge in [0.25, 0.3) is 5.91 Å². The minimum atomic E-state index is -4.40. The largest absolute Gasteiger partial charge is 0.491 e. The average molecular weight is 391 g/mol. The number of benzene rings is 1. The Bertz CT molecular complexity index is 1050. The Morgan fingerprint density at radius 3 is 2.89 bits per heavy atom. The summed E-state index contributed by atoms with van der Waals surface area (Å²) in [5.74, 6) is 0.156. The van der Waals surface area contributed by atoms with E-state index in [4.69, 9.17) is 4.74 Å². The normalized spacial score (nSPS) is 15.4. The van der Waals surface area contributed by atoms with Crippen molar-refractivity contribution in [3.63, 3.8) is 0 Å².